The van der Waals surface area contributed by atoms with E-state index in [1.807, 2.05) is 48.5 Å². The highest BCUT2D eigenvalue weighted by Gasteiger charge is 2.07. The molecule has 6 aromatic carbocycles. The maximum atomic E-state index is 9.65. The van der Waals surface area contributed by atoms with E-state index in [2.05, 4.69) is 95.2 Å². The molecule has 39 heavy (non-hydrogen) atoms. The second-order valence-electron chi connectivity index (χ2n) is 8.67. The van der Waals surface area contributed by atoms with Gasteiger partial charge in [0.1, 0.15) is 6.04 Å². The average molecular weight is 516 g/mol. The van der Waals surface area contributed by atoms with E-state index in [1.54, 1.807) is 0 Å². The molecule has 0 aliphatic carbocycles. The van der Waals surface area contributed by atoms with E-state index in [1.165, 1.54) is 21.5 Å². The summed E-state index contributed by atoms with van der Waals surface area (Å²) in [6.45, 7) is -0.505. The molecule has 1 atom stereocenters. The van der Waals surface area contributed by atoms with Crippen molar-refractivity contribution in [3.05, 3.63) is 133 Å². The molecule has 0 unspecified atom stereocenters. The summed E-state index contributed by atoms with van der Waals surface area (Å²) in [6.07, 6.45) is 0. The molecule has 0 amide bonds. The highest BCUT2D eigenvalue weighted by atomic mass is 16.4. The lowest BCUT2D eigenvalue weighted by atomic mass is 10.1. The van der Waals surface area contributed by atoms with Crippen LogP contribution in [0.1, 0.15) is 0 Å². The number of carbonyl (C=O) groups is 1. The van der Waals surface area contributed by atoms with Gasteiger partial charge in [0.15, 0.2) is 0 Å². The van der Waals surface area contributed by atoms with E-state index in [9.17, 15) is 4.79 Å². The number of benzene rings is 6. The van der Waals surface area contributed by atoms with Gasteiger partial charge in [0.25, 0.3) is 0 Å². The first-order chi connectivity index (χ1) is 19.1. The third-order valence-electron chi connectivity index (χ3n) is 5.97. The normalized spacial score (nSPS) is 11.4. The Bertz CT molecular complexity index is 1560. The van der Waals surface area contributed by atoms with E-state index < -0.39 is 18.6 Å². The SMILES string of the molecule is N[C@@H](CO)C(=O)O.c1ccc2c(N=Nc3cccc4ccccc34)cccc2c1.c1ccc2ccccc2c1. The minimum Gasteiger partial charge on any atom is -0.480 e. The summed E-state index contributed by atoms with van der Waals surface area (Å²) in [5, 5.41) is 32.1. The van der Waals surface area contributed by atoms with Gasteiger partial charge in [-0.3, -0.25) is 4.79 Å². The Hall–Kier alpha value is -4.91. The van der Waals surface area contributed by atoms with Gasteiger partial charge < -0.3 is 15.9 Å². The number of nitrogens with two attached hydrogens (primary N) is 1. The molecule has 0 bridgehead atoms. The smallest absolute Gasteiger partial charge is 0.322 e. The van der Waals surface area contributed by atoms with Gasteiger partial charge in [-0.05, 0) is 33.7 Å². The number of aliphatic hydroxyl groups excluding tert-OH is 1. The molecule has 6 rings (SSSR count). The zero-order valence-corrected chi connectivity index (χ0v) is 21.3. The molecular weight excluding hydrogens is 486 g/mol. The van der Waals surface area contributed by atoms with Crippen molar-refractivity contribution in [1.82, 2.24) is 0 Å². The molecule has 0 aromatic heterocycles. The topological polar surface area (TPSA) is 108 Å². The summed E-state index contributed by atoms with van der Waals surface area (Å²) in [7, 11) is 0. The van der Waals surface area contributed by atoms with Crippen LogP contribution in [0.4, 0.5) is 11.4 Å². The van der Waals surface area contributed by atoms with Crippen molar-refractivity contribution in [3.8, 4) is 0 Å². The minimum atomic E-state index is -1.18. The van der Waals surface area contributed by atoms with Crippen molar-refractivity contribution >= 4 is 49.7 Å². The van der Waals surface area contributed by atoms with Crippen LogP contribution >= 0.6 is 0 Å². The fourth-order valence-corrected chi connectivity index (χ4v) is 3.91. The number of carboxylic acids is 1. The monoisotopic (exact) mass is 515 g/mol. The first kappa shape index (κ1) is 27.1. The predicted molar refractivity (Wildman–Crippen MR) is 159 cm³/mol. The highest BCUT2D eigenvalue weighted by molar-refractivity contribution is 5.94. The molecule has 6 heteroatoms. The Morgan fingerprint density at radius 2 is 0.897 bits per heavy atom. The van der Waals surface area contributed by atoms with Crippen molar-refractivity contribution in [3.63, 3.8) is 0 Å². The first-order valence-electron chi connectivity index (χ1n) is 12.5. The van der Waals surface area contributed by atoms with E-state index in [0.717, 1.165) is 22.1 Å². The molecule has 194 valence electrons. The highest BCUT2D eigenvalue weighted by Crippen LogP contribution is 2.30. The Labute approximate surface area is 226 Å². The largest absolute Gasteiger partial charge is 0.480 e. The zero-order chi connectivity index (χ0) is 27.5. The zero-order valence-electron chi connectivity index (χ0n) is 21.3. The van der Waals surface area contributed by atoms with Crippen LogP contribution in [-0.2, 0) is 4.79 Å². The number of nitrogens with zero attached hydrogens (tertiary/aromatic N) is 2. The quantitative estimate of drug-likeness (QED) is 0.210. The van der Waals surface area contributed by atoms with Crippen LogP contribution in [-0.4, -0.2) is 28.8 Å². The Morgan fingerprint density at radius 3 is 1.23 bits per heavy atom. The average Bonchev–Trinajstić information content (AvgIpc) is 3.00. The minimum absolute atomic E-state index is 0.505. The lowest BCUT2D eigenvalue weighted by Crippen LogP contribution is -2.33. The van der Waals surface area contributed by atoms with Gasteiger partial charge in [-0.25, -0.2) is 0 Å². The number of azo groups is 1. The molecule has 0 fully saturated rings. The van der Waals surface area contributed by atoms with Gasteiger partial charge in [0, 0.05) is 10.8 Å². The lowest BCUT2D eigenvalue weighted by molar-refractivity contribution is -0.139. The van der Waals surface area contributed by atoms with Gasteiger partial charge in [-0.1, -0.05) is 121 Å². The van der Waals surface area contributed by atoms with Crippen LogP contribution in [0.25, 0.3) is 32.3 Å². The number of carboxylic acid groups (broad SMARTS) is 1. The first-order valence-corrected chi connectivity index (χ1v) is 12.5. The van der Waals surface area contributed by atoms with Crippen molar-refractivity contribution in [2.24, 2.45) is 16.0 Å². The van der Waals surface area contributed by atoms with Crippen LogP contribution < -0.4 is 5.73 Å². The summed E-state index contributed by atoms with van der Waals surface area (Å²) < 4.78 is 0. The fraction of sp³-hybridized carbons (Fsp3) is 0.0606. The molecule has 0 spiro atoms. The summed E-state index contributed by atoms with van der Waals surface area (Å²) in [4.78, 5) is 9.65. The van der Waals surface area contributed by atoms with E-state index in [0.29, 0.717) is 0 Å². The summed E-state index contributed by atoms with van der Waals surface area (Å²) in [5.41, 5.74) is 6.56. The molecule has 0 aliphatic heterocycles. The molecular formula is C33H29N3O3. The predicted octanol–water partition coefficient (Wildman–Crippen LogP) is 7.64. The second kappa shape index (κ2) is 13.6. The van der Waals surface area contributed by atoms with Crippen molar-refractivity contribution in [1.29, 1.82) is 0 Å². The maximum Gasteiger partial charge on any atom is 0.322 e. The van der Waals surface area contributed by atoms with Crippen LogP contribution in [0.5, 0.6) is 0 Å². The number of aliphatic hydroxyl groups is 1. The Balaban J connectivity index is 0.000000171. The van der Waals surface area contributed by atoms with Gasteiger partial charge in [0.2, 0.25) is 0 Å². The fourth-order valence-electron chi connectivity index (χ4n) is 3.91. The van der Waals surface area contributed by atoms with Crippen molar-refractivity contribution in [2.75, 3.05) is 6.61 Å². The molecule has 6 aromatic rings. The number of fused-ring (bicyclic) bond motifs is 3. The van der Waals surface area contributed by atoms with E-state index >= 15 is 0 Å². The molecule has 0 heterocycles. The van der Waals surface area contributed by atoms with Gasteiger partial charge in [-0.15, -0.1) is 10.2 Å². The van der Waals surface area contributed by atoms with Crippen LogP contribution in [0, 0.1) is 0 Å². The van der Waals surface area contributed by atoms with Crippen LogP contribution in [0.3, 0.4) is 0 Å². The number of rotatable bonds is 4. The van der Waals surface area contributed by atoms with Crippen molar-refractivity contribution in [2.45, 2.75) is 6.04 Å². The summed E-state index contributed by atoms with van der Waals surface area (Å²) in [5.74, 6) is -1.18. The number of hydrogen-bond acceptors (Lipinski definition) is 5. The molecule has 0 radical (unpaired) electrons. The number of hydrogen-bond donors (Lipinski definition) is 3. The van der Waals surface area contributed by atoms with E-state index in [4.69, 9.17) is 15.9 Å². The molecule has 0 saturated carbocycles. The van der Waals surface area contributed by atoms with Crippen LogP contribution in [0.15, 0.2) is 144 Å². The Kier molecular flexibility index (Phi) is 9.45. The van der Waals surface area contributed by atoms with E-state index in [-0.39, 0.29) is 0 Å². The Morgan fingerprint density at radius 1 is 0.564 bits per heavy atom. The van der Waals surface area contributed by atoms with Gasteiger partial charge in [0.05, 0.1) is 18.0 Å². The van der Waals surface area contributed by atoms with Crippen molar-refractivity contribution < 1.29 is 15.0 Å². The maximum absolute atomic E-state index is 9.65. The van der Waals surface area contributed by atoms with Gasteiger partial charge in [-0.2, -0.15) is 0 Å². The van der Waals surface area contributed by atoms with Gasteiger partial charge >= 0.3 is 5.97 Å². The molecule has 0 saturated heterocycles. The molecule has 4 N–H and O–H groups in total. The van der Waals surface area contributed by atoms with Crippen LogP contribution in [0.2, 0.25) is 0 Å². The molecule has 6 nitrogen and oxygen atoms in total. The molecule has 0 aliphatic rings. The lowest BCUT2D eigenvalue weighted by Gasteiger charge is -2.02. The second-order valence-corrected chi connectivity index (χ2v) is 8.67. The third-order valence-corrected chi connectivity index (χ3v) is 5.97. The summed E-state index contributed by atoms with van der Waals surface area (Å²) in [6, 6.07) is 44.2. The number of aliphatic carboxylic acids is 1. The standard InChI is InChI=1S/C20H14N2.C10H8.C3H7NO3/c1-3-11-17-15(7-1)9-5-13-19(17)21-22-20-14-6-10-16-8-2-4-12-18(16)20;1-2-6-10-8-4-3-7-9(10)5-1;4-2(1-5)3(6)7/h1-14H;1-8H;2,5H,1,4H2,(H,6,7)/t;;2-/m..0/s1. The third kappa shape index (κ3) is 7.32. The summed E-state index contributed by atoms with van der Waals surface area (Å²) >= 11 is 0.